The lowest BCUT2D eigenvalue weighted by molar-refractivity contribution is 0.0524. The number of anilines is 1. The third-order valence-corrected chi connectivity index (χ3v) is 4.80. The van der Waals surface area contributed by atoms with Crippen molar-refractivity contribution in [3.05, 3.63) is 12.7 Å². The van der Waals surface area contributed by atoms with Crippen molar-refractivity contribution in [2.75, 3.05) is 18.5 Å². The SMILES string of the molecule is C[C@]1(CCP(=O)(O)O)CO[C@@H](n2cnc3c(N)ncnc32)C1. The quantitative estimate of drug-likeness (QED) is 0.705. The van der Waals surface area contributed by atoms with Crippen LogP contribution in [0.2, 0.25) is 0 Å². The van der Waals surface area contributed by atoms with Crippen molar-refractivity contribution in [3.8, 4) is 0 Å². The molecule has 0 radical (unpaired) electrons. The molecule has 1 fully saturated rings. The number of rotatable bonds is 4. The van der Waals surface area contributed by atoms with Crippen LogP contribution in [0.5, 0.6) is 0 Å². The van der Waals surface area contributed by atoms with Gasteiger partial charge in [0.25, 0.3) is 0 Å². The Kier molecular flexibility index (Phi) is 3.68. The van der Waals surface area contributed by atoms with Crippen LogP contribution in [0.1, 0.15) is 26.0 Å². The summed E-state index contributed by atoms with van der Waals surface area (Å²) in [6, 6.07) is 0. The summed E-state index contributed by atoms with van der Waals surface area (Å²) in [6.07, 6.45) is 3.59. The Balaban J connectivity index is 1.79. The van der Waals surface area contributed by atoms with E-state index in [4.69, 9.17) is 20.3 Å². The van der Waals surface area contributed by atoms with Gasteiger partial charge in [0.05, 0.1) is 19.1 Å². The third kappa shape index (κ3) is 2.98. The van der Waals surface area contributed by atoms with Crippen LogP contribution in [0, 0.1) is 5.41 Å². The number of aromatic nitrogens is 4. The molecule has 3 rings (SSSR count). The second-order valence-electron chi connectivity index (χ2n) is 6.00. The Morgan fingerprint density at radius 2 is 2.27 bits per heavy atom. The number of ether oxygens (including phenoxy) is 1. The van der Waals surface area contributed by atoms with Gasteiger partial charge in [-0.25, -0.2) is 15.0 Å². The van der Waals surface area contributed by atoms with Crippen molar-refractivity contribution < 1.29 is 19.1 Å². The first-order valence-electron chi connectivity index (χ1n) is 6.87. The number of nitrogens with two attached hydrogens (primary N) is 1. The van der Waals surface area contributed by atoms with E-state index in [1.165, 1.54) is 6.33 Å². The highest BCUT2D eigenvalue weighted by Gasteiger charge is 2.38. The van der Waals surface area contributed by atoms with Crippen molar-refractivity contribution >= 4 is 24.6 Å². The van der Waals surface area contributed by atoms with E-state index in [0.29, 0.717) is 36.4 Å². The topological polar surface area (TPSA) is 136 Å². The van der Waals surface area contributed by atoms with E-state index >= 15 is 0 Å². The first-order chi connectivity index (χ1) is 10.3. The van der Waals surface area contributed by atoms with Crippen LogP contribution in [0.4, 0.5) is 5.82 Å². The maximum atomic E-state index is 11.1. The molecule has 2 aromatic rings. The zero-order chi connectivity index (χ0) is 16.0. The fraction of sp³-hybridized carbons (Fsp3) is 0.583. The van der Waals surface area contributed by atoms with E-state index < -0.39 is 7.60 Å². The average molecular weight is 327 g/mol. The van der Waals surface area contributed by atoms with Crippen molar-refractivity contribution in [2.24, 2.45) is 5.41 Å². The standard InChI is InChI=1S/C12H18N5O4P/c1-12(2-3-22(18,19)20)4-8(21-5-12)17-7-16-9-10(13)14-6-15-11(9)17/h6-8H,2-5H2,1H3,(H2,13,14,15)(H2,18,19,20)/t8-,12-/m1/s1. The minimum atomic E-state index is -4.00. The maximum absolute atomic E-state index is 11.1. The van der Waals surface area contributed by atoms with Gasteiger partial charge < -0.3 is 20.3 Å². The molecule has 0 aliphatic carbocycles. The molecule has 4 N–H and O–H groups in total. The van der Waals surface area contributed by atoms with E-state index in [0.717, 1.165) is 0 Å². The van der Waals surface area contributed by atoms with Crippen LogP contribution in [0.3, 0.4) is 0 Å². The predicted octanol–water partition coefficient (Wildman–Crippen LogP) is 0.901. The van der Waals surface area contributed by atoms with Crippen molar-refractivity contribution in [3.63, 3.8) is 0 Å². The van der Waals surface area contributed by atoms with Gasteiger partial charge in [0.15, 0.2) is 11.5 Å². The van der Waals surface area contributed by atoms with Crippen LogP contribution in [-0.2, 0) is 9.30 Å². The fourth-order valence-electron chi connectivity index (χ4n) is 2.69. The fourth-order valence-corrected chi connectivity index (χ4v) is 3.52. The number of imidazole rings is 1. The van der Waals surface area contributed by atoms with Crippen LogP contribution in [-0.4, -0.2) is 42.1 Å². The molecule has 0 bridgehead atoms. The van der Waals surface area contributed by atoms with E-state index in [2.05, 4.69) is 15.0 Å². The average Bonchev–Trinajstić information content (AvgIpc) is 3.01. The van der Waals surface area contributed by atoms with Gasteiger partial charge >= 0.3 is 7.60 Å². The normalized spacial score (nSPS) is 25.9. The van der Waals surface area contributed by atoms with Gasteiger partial charge in [-0.05, 0) is 11.8 Å². The zero-order valence-corrected chi connectivity index (χ0v) is 13.0. The summed E-state index contributed by atoms with van der Waals surface area (Å²) >= 11 is 0. The highest BCUT2D eigenvalue weighted by atomic mass is 31.2. The molecule has 22 heavy (non-hydrogen) atoms. The Morgan fingerprint density at radius 3 is 3.00 bits per heavy atom. The monoisotopic (exact) mass is 327 g/mol. The minimum Gasteiger partial charge on any atom is -0.382 e. The van der Waals surface area contributed by atoms with Crippen LogP contribution >= 0.6 is 7.60 Å². The lowest BCUT2D eigenvalue weighted by atomic mass is 9.86. The summed E-state index contributed by atoms with van der Waals surface area (Å²) in [5.41, 5.74) is 6.59. The Morgan fingerprint density at radius 1 is 1.50 bits per heavy atom. The van der Waals surface area contributed by atoms with Gasteiger partial charge in [0.1, 0.15) is 18.1 Å². The highest BCUT2D eigenvalue weighted by molar-refractivity contribution is 7.51. The van der Waals surface area contributed by atoms with Gasteiger partial charge in [0.2, 0.25) is 0 Å². The molecule has 0 saturated carbocycles. The summed E-state index contributed by atoms with van der Waals surface area (Å²) in [5, 5.41) is 0. The lowest BCUT2D eigenvalue weighted by Gasteiger charge is -2.22. The van der Waals surface area contributed by atoms with Crippen molar-refractivity contribution in [1.82, 2.24) is 19.5 Å². The molecule has 3 heterocycles. The molecule has 1 aliphatic rings. The number of fused-ring (bicyclic) bond motifs is 1. The summed E-state index contributed by atoms with van der Waals surface area (Å²) in [7, 11) is -4.00. The smallest absolute Gasteiger partial charge is 0.325 e. The van der Waals surface area contributed by atoms with Gasteiger partial charge in [-0.15, -0.1) is 0 Å². The molecule has 2 aromatic heterocycles. The largest absolute Gasteiger partial charge is 0.382 e. The summed E-state index contributed by atoms with van der Waals surface area (Å²) in [4.78, 5) is 30.4. The van der Waals surface area contributed by atoms with Crippen molar-refractivity contribution in [2.45, 2.75) is 26.0 Å². The molecular formula is C12H18N5O4P. The van der Waals surface area contributed by atoms with Crippen molar-refractivity contribution in [1.29, 1.82) is 0 Å². The lowest BCUT2D eigenvalue weighted by Crippen LogP contribution is -2.18. The maximum Gasteiger partial charge on any atom is 0.325 e. The highest BCUT2D eigenvalue weighted by Crippen LogP contribution is 2.45. The van der Waals surface area contributed by atoms with E-state index in [9.17, 15) is 4.57 Å². The molecule has 0 unspecified atom stereocenters. The van der Waals surface area contributed by atoms with E-state index in [-0.39, 0.29) is 17.8 Å². The van der Waals surface area contributed by atoms with E-state index in [1.807, 2.05) is 6.92 Å². The first kappa shape index (κ1) is 15.4. The molecule has 2 atom stereocenters. The minimum absolute atomic E-state index is 0.140. The Bertz CT molecular complexity index is 744. The van der Waals surface area contributed by atoms with Gasteiger partial charge in [-0.2, -0.15) is 0 Å². The van der Waals surface area contributed by atoms with Crippen LogP contribution in [0.25, 0.3) is 11.2 Å². The predicted molar refractivity (Wildman–Crippen MR) is 79.0 cm³/mol. The molecule has 0 aromatic carbocycles. The summed E-state index contributed by atoms with van der Waals surface area (Å²) in [6.45, 7) is 2.39. The number of nitrogen functional groups attached to an aromatic ring is 1. The summed E-state index contributed by atoms with van der Waals surface area (Å²) in [5.74, 6) is 0.311. The molecular weight excluding hydrogens is 309 g/mol. The molecule has 120 valence electrons. The third-order valence-electron chi connectivity index (χ3n) is 4.00. The second kappa shape index (κ2) is 5.27. The molecule has 0 spiro atoms. The first-order valence-corrected chi connectivity index (χ1v) is 8.66. The van der Waals surface area contributed by atoms with Gasteiger partial charge in [-0.1, -0.05) is 6.92 Å². The second-order valence-corrected chi connectivity index (χ2v) is 7.78. The van der Waals surface area contributed by atoms with E-state index in [1.54, 1.807) is 10.9 Å². The van der Waals surface area contributed by atoms with Crippen LogP contribution in [0.15, 0.2) is 12.7 Å². The molecule has 9 nitrogen and oxygen atoms in total. The Hall–Kier alpha value is -1.54. The number of hydrogen-bond acceptors (Lipinski definition) is 6. The van der Waals surface area contributed by atoms with Gasteiger partial charge in [-0.3, -0.25) is 9.13 Å². The number of hydrogen-bond donors (Lipinski definition) is 3. The number of nitrogens with zero attached hydrogens (tertiary/aromatic N) is 4. The zero-order valence-electron chi connectivity index (χ0n) is 12.1. The van der Waals surface area contributed by atoms with Gasteiger partial charge in [0, 0.05) is 6.42 Å². The Labute approximate surface area is 126 Å². The molecule has 1 saturated heterocycles. The molecule has 0 amide bonds. The molecule has 1 aliphatic heterocycles. The molecule has 10 heteroatoms. The van der Waals surface area contributed by atoms with Crippen LogP contribution < -0.4 is 5.73 Å². The summed E-state index contributed by atoms with van der Waals surface area (Å²) < 4.78 is 18.6.